The summed E-state index contributed by atoms with van der Waals surface area (Å²) >= 11 is 7.25. The van der Waals surface area contributed by atoms with E-state index in [1.165, 1.54) is 11.8 Å². The second-order valence-electron chi connectivity index (χ2n) is 6.75. The van der Waals surface area contributed by atoms with Crippen LogP contribution in [0.15, 0.2) is 47.5 Å². The maximum Gasteiger partial charge on any atom is 0.234 e. The van der Waals surface area contributed by atoms with Crippen LogP contribution in [0.1, 0.15) is 18.9 Å². The van der Waals surface area contributed by atoms with Crippen LogP contribution in [0.25, 0.3) is 0 Å². The lowest BCUT2D eigenvalue weighted by Crippen LogP contribution is -2.46. The van der Waals surface area contributed by atoms with Crippen molar-refractivity contribution in [3.8, 4) is 11.5 Å². The number of amides is 2. The largest absolute Gasteiger partial charge is 0.493 e. The summed E-state index contributed by atoms with van der Waals surface area (Å²) in [4.78, 5) is 31.7. The Morgan fingerprint density at radius 2 is 1.90 bits per heavy atom. The molecule has 1 atom stereocenters. The van der Waals surface area contributed by atoms with Crippen molar-refractivity contribution in [1.82, 2.24) is 10.2 Å². The maximum atomic E-state index is 13.0. The lowest BCUT2D eigenvalue weighted by molar-refractivity contribution is -0.130. The number of nitrogens with zero attached hydrogens (tertiary/aromatic N) is 2. The molecule has 0 saturated carbocycles. The van der Waals surface area contributed by atoms with Crippen molar-refractivity contribution in [2.24, 2.45) is 4.99 Å². The standard InChI is InChI=1S/C22H24ClN3O4S/c1-4-24-21(28)19-12-20(27)26(13-14-5-10-17(29-2)18(11-14)30-3)22(31-19)25-16-8-6-15(23)7-9-16/h5-11,19H,4,12-13H2,1-3H3,(H,24,28). The average molecular weight is 462 g/mol. The number of methoxy groups -OCH3 is 2. The Hall–Kier alpha value is -2.71. The van der Waals surface area contributed by atoms with E-state index in [4.69, 9.17) is 21.1 Å². The number of aliphatic imine (C=N–C) groups is 1. The highest BCUT2D eigenvalue weighted by Crippen LogP contribution is 2.32. The summed E-state index contributed by atoms with van der Waals surface area (Å²) in [6, 6.07) is 12.5. The highest BCUT2D eigenvalue weighted by molar-refractivity contribution is 8.15. The van der Waals surface area contributed by atoms with E-state index in [0.29, 0.717) is 40.5 Å². The van der Waals surface area contributed by atoms with Crippen molar-refractivity contribution in [1.29, 1.82) is 0 Å². The summed E-state index contributed by atoms with van der Waals surface area (Å²) < 4.78 is 10.7. The fraction of sp³-hybridized carbons (Fsp3) is 0.318. The van der Waals surface area contributed by atoms with Gasteiger partial charge in [0.05, 0.1) is 31.7 Å². The number of hydrogen-bond donors (Lipinski definition) is 1. The van der Waals surface area contributed by atoms with Crippen LogP contribution in [0.5, 0.6) is 11.5 Å². The number of halogens is 1. The quantitative estimate of drug-likeness (QED) is 0.673. The third-order valence-corrected chi connectivity index (χ3v) is 6.06. The molecule has 0 spiro atoms. The molecule has 2 aromatic carbocycles. The van der Waals surface area contributed by atoms with Crippen LogP contribution in [0, 0.1) is 0 Å². The normalized spacial score (nSPS) is 17.5. The Balaban J connectivity index is 1.93. The van der Waals surface area contributed by atoms with Crippen molar-refractivity contribution in [2.45, 2.75) is 25.1 Å². The average Bonchev–Trinajstić information content (AvgIpc) is 2.77. The summed E-state index contributed by atoms with van der Waals surface area (Å²) in [7, 11) is 3.13. The topological polar surface area (TPSA) is 80.2 Å². The predicted molar refractivity (Wildman–Crippen MR) is 123 cm³/mol. The van der Waals surface area contributed by atoms with Gasteiger partial charge in [0, 0.05) is 18.0 Å². The van der Waals surface area contributed by atoms with Gasteiger partial charge in [-0.3, -0.25) is 14.5 Å². The first-order valence-electron chi connectivity index (χ1n) is 9.75. The van der Waals surface area contributed by atoms with Gasteiger partial charge in [0.2, 0.25) is 11.8 Å². The molecule has 7 nitrogen and oxygen atoms in total. The Kier molecular flexibility index (Phi) is 7.81. The zero-order valence-corrected chi connectivity index (χ0v) is 19.1. The molecule has 3 rings (SSSR count). The lowest BCUT2D eigenvalue weighted by Gasteiger charge is -2.32. The first-order chi connectivity index (χ1) is 14.9. The maximum absolute atomic E-state index is 13.0. The minimum Gasteiger partial charge on any atom is -0.493 e. The molecule has 31 heavy (non-hydrogen) atoms. The molecule has 0 radical (unpaired) electrons. The monoisotopic (exact) mass is 461 g/mol. The smallest absolute Gasteiger partial charge is 0.234 e. The van der Waals surface area contributed by atoms with E-state index in [2.05, 4.69) is 10.3 Å². The Morgan fingerprint density at radius 1 is 1.19 bits per heavy atom. The van der Waals surface area contributed by atoms with E-state index in [1.54, 1.807) is 49.5 Å². The van der Waals surface area contributed by atoms with Gasteiger partial charge in [-0.05, 0) is 48.9 Å². The van der Waals surface area contributed by atoms with Crippen molar-refractivity contribution >= 4 is 46.0 Å². The number of rotatable bonds is 7. The highest BCUT2D eigenvalue weighted by Gasteiger charge is 2.35. The zero-order chi connectivity index (χ0) is 22.4. The lowest BCUT2D eigenvalue weighted by atomic mass is 10.1. The van der Waals surface area contributed by atoms with Crippen molar-refractivity contribution < 1.29 is 19.1 Å². The Bertz CT molecular complexity index is 981. The van der Waals surface area contributed by atoms with Gasteiger partial charge in [0.1, 0.15) is 0 Å². The first kappa shape index (κ1) is 23.0. The van der Waals surface area contributed by atoms with Crippen LogP contribution in [0.2, 0.25) is 5.02 Å². The Labute approximate surface area is 190 Å². The minimum atomic E-state index is -0.528. The van der Waals surface area contributed by atoms with E-state index in [1.807, 2.05) is 19.1 Å². The van der Waals surface area contributed by atoms with Crippen LogP contribution in [-0.4, -0.2) is 47.9 Å². The third-order valence-electron chi connectivity index (χ3n) is 4.62. The number of nitrogens with one attached hydrogen (secondary N) is 1. The third kappa shape index (κ3) is 5.71. The molecule has 1 heterocycles. The number of amidine groups is 1. The number of ether oxygens (including phenoxy) is 2. The number of benzene rings is 2. The Morgan fingerprint density at radius 3 is 2.55 bits per heavy atom. The van der Waals surface area contributed by atoms with Gasteiger partial charge in [0.15, 0.2) is 16.7 Å². The molecule has 1 saturated heterocycles. The molecular formula is C22H24ClN3O4S. The van der Waals surface area contributed by atoms with Gasteiger partial charge < -0.3 is 14.8 Å². The highest BCUT2D eigenvalue weighted by atomic mass is 35.5. The summed E-state index contributed by atoms with van der Waals surface area (Å²) in [5, 5.41) is 3.32. The van der Waals surface area contributed by atoms with Crippen molar-refractivity contribution in [3.05, 3.63) is 53.1 Å². The van der Waals surface area contributed by atoms with Crippen LogP contribution in [-0.2, 0) is 16.1 Å². The second-order valence-corrected chi connectivity index (χ2v) is 8.35. The summed E-state index contributed by atoms with van der Waals surface area (Å²) in [6.45, 7) is 2.64. The van der Waals surface area contributed by atoms with E-state index < -0.39 is 5.25 Å². The van der Waals surface area contributed by atoms with Gasteiger partial charge in [0.25, 0.3) is 0 Å². The van der Waals surface area contributed by atoms with E-state index in [0.717, 1.165) is 5.56 Å². The molecule has 2 aromatic rings. The summed E-state index contributed by atoms with van der Waals surface area (Å²) in [6.07, 6.45) is 0.101. The number of thioether (sulfide) groups is 1. The van der Waals surface area contributed by atoms with E-state index in [9.17, 15) is 9.59 Å². The SMILES string of the molecule is CCNC(=O)C1CC(=O)N(Cc2ccc(OC)c(OC)c2)C(=Nc2ccc(Cl)cc2)S1. The molecule has 164 valence electrons. The molecule has 2 amide bonds. The molecule has 1 fully saturated rings. The number of carbonyl (C=O) groups excluding carboxylic acids is 2. The van der Waals surface area contributed by atoms with Crippen LogP contribution >= 0.6 is 23.4 Å². The molecule has 1 unspecified atom stereocenters. The molecule has 0 bridgehead atoms. The second kappa shape index (κ2) is 10.5. The number of carbonyl (C=O) groups is 2. The molecule has 0 aliphatic carbocycles. The van der Waals surface area contributed by atoms with Gasteiger partial charge in [-0.1, -0.05) is 29.4 Å². The van der Waals surface area contributed by atoms with Crippen LogP contribution in [0.4, 0.5) is 5.69 Å². The molecule has 1 aliphatic heterocycles. The van der Waals surface area contributed by atoms with Crippen LogP contribution < -0.4 is 14.8 Å². The summed E-state index contributed by atoms with van der Waals surface area (Å²) in [5.74, 6) is 0.846. The molecular weight excluding hydrogens is 438 g/mol. The van der Waals surface area contributed by atoms with Gasteiger partial charge >= 0.3 is 0 Å². The molecule has 9 heteroatoms. The van der Waals surface area contributed by atoms with E-state index in [-0.39, 0.29) is 18.2 Å². The van der Waals surface area contributed by atoms with E-state index >= 15 is 0 Å². The minimum absolute atomic E-state index is 0.101. The van der Waals surface area contributed by atoms with Crippen molar-refractivity contribution in [2.75, 3.05) is 20.8 Å². The van der Waals surface area contributed by atoms with Crippen molar-refractivity contribution in [3.63, 3.8) is 0 Å². The molecule has 1 N–H and O–H groups in total. The molecule has 1 aliphatic rings. The first-order valence-corrected chi connectivity index (χ1v) is 11.0. The fourth-order valence-corrected chi connectivity index (χ4v) is 4.32. The molecule has 0 aromatic heterocycles. The van der Waals surface area contributed by atoms with Gasteiger partial charge in [-0.2, -0.15) is 0 Å². The van der Waals surface area contributed by atoms with Gasteiger partial charge in [-0.25, -0.2) is 4.99 Å². The zero-order valence-electron chi connectivity index (χ0n) is 17.6. The fourth-order valence-electron chi connectivity index (χ4n) is 3.07. The summed E-state index contributed by atoms with van der Waals surface area (Å²) in [5.41, 5.74) is 1.50. The van der Waals surface area contributed by atoms with Gasteiger partial charge in [-0.15, -0.1) is 0 Å². The number of hydrogen-bond acceptors (Lipinski definition) is 6. The predicted octanol–water partition coefficient (Wildman–Crippen LogP) is 4.02. The van der Waals surface area contributed by atoms with Crippen LogP contribution in [0.3, 0.4) is 0 Å².